The number of allylic oxidation sites excluding steroid dienone is 3. The highest BCUT2D eigenvalue weighted by Gasteiger charge is 1.99. The fourth-order valence-corrected chi connectivity index (χ4v) is 1.10. The minimum atomic E-state index is 0.639. The van der Waals surface area contributed by atoms with E-state index >= 15 is 0 Å². The average Bonchev–Trinajstić information content (AvgIpc) is 2.21. The highest BCUT2D eigenvalue weighted by molar-refractivity contribution is 5.25. The van der Waals surface area contributed by atoms with Crippen LogP contribution in [0.2, 0.25) is 0 Å². The van der Waals surface area contributed by atoms with Gasteiger partial charge in [0.05, 0.1) is 0 Å². The Kier molecular flexibility index (Phi) is 2.41. The van der Waals surface area contributed by atoms with Crippen LogP contribution in [-0.4, -0.2) is 4.98 Å². The van der Waals surface area contributed by atoms with Crippen molar-refractivity contribution in [2.24, 2.45) is 0 Å². The average molecular weight is 172 g/mol. The Morgan fingerprint density at radius 1 is 1.31 bits per heavy atom. The molecule has 0 fully saturated rings. The summed E-state index contributed by atoms with van der Waals surface area (Å²) in [6.45, 7) is 0. The van der Waals surface area contributed by atoms with E-state index in [0.29, 0.717) is 5.88 Å². The number of ether oxygens (including phenoxy) is 1. The molecule has 2 heteroatoms. The maximum atomic E-state index is 5.50. The van der Waals surface area contributed by atoms with Crippen LogP contribution in [0.25, 0.3) is 0 Å². The molecule has 1 radical (unpaired) electrons. The lowest BCUT2D eigenvalue weighted by atomic mass is 10.2. The van der Waals surface area contributed by atoms with E-state index < -0.39 is 0 Å². The van der Waals surface area contributed by atoms with Gasteiger partial charge in [-0.15, -0.1) is 0 Å². The summed E-state index contributed by atoms with van der Waals surface area (Å²) in [5, 5.41) is 0. The lowest BCUT2D eigenvalue weighted by Crippen LogP contribution is -1.96. The Morgan fingerprint density at radius 3 is 3.00 bits per heavy atom. The number of hydrogen-bond acceptors (Lipinski definition) is 2. The minimum absolute atomic E-state index is 0.639. The van der Waals surface area contributed by atoms with E-state index in [1.54, 1.807) is 6.20 Å². The van der Waals surface area contributed by atoms with Gasteiger partial charge in [0.1, 0.15) is 5.76 Å². The molecule has 1 aliphatic carbocycles. The van der Waals surface area contributed by atoms with Crippen LogP contribution in [-0.2, 0) is 0 Å². The van der Waals surface area contributed by atoms with Crippen molar-refractivity contribution >= 4 is 0 Å². The van der Waals surface area contributed by atoms with E-state index in [-0.39, 0.29) is 0 Å². The van der Waals surface area contributed by atoms with Gasteiger partial charge < -0.3 is 4.74 Å². The highest BCUT2D eigenvalue weighted by atomic mass is 16.5. The molecule has 0 atom stereocenters. The maximum Gasteiger partial charge on any atom is 0.219 e. The number of rotatable bonds is 2. The first-order valence-electron chi connectivity index (χ1n) is 4.24. The smallest absolute Gasteiger partial charge is 0.219 e. The zero-order chi connectivity index (χ0) is 8.93. The maximum absolute atomic E-state index is 5.50. The van der Waals surface area contributed by atoms with Crippen LogP contribution in [0, 0.1) is 6.42 Å². The normalized spacial score (nSPS) is 15.2. The summed E-state index contributed by atoms with van der Waals surface area (Å²) in [5.41, 5.74) is 0. The fraction of sp³-hybridized carbons (Fsp3) is 0.0909. The second kappa shape index (κ2) is 3.90. The lowest BCUT2D eigenvalue weighted by molar-refractivity contribution is 0.423. The SMILES string of the molecule is [CH]1C=CC(Oc2ccccn2)=CC1. The first kappa shape index (κ1) is 8.05. The molecule has 0 aliphatic heterocycles. The van der Waals surface area contributed by atoms with Crippen molar-refractivity contribution in [3.05, 3.63) is 54.8 Å². The van der Waals surface area contributed by atoms with Gasteiger partial charge in [-0.2, -0.15) is 0 Å². The van der Waals surface area contributed by atoms with Gasteiger partial charge >= 0.3 is 0 Å². The molecular weight excluding hydrogens is 162 g/mol. The number of pyridine rings is 1. The molecule has 0 spiro atoms. The molecule has 1 aliphatic rings. The third-order valence-electron chi connectivity index (χ3n) is 1.71. The van der Waals surface area contributed by atoms with Crippen molar-refractivity contribution in [3.8, 4) is 5.88 Å². The van der Waals surface area contributed by atoms with Crippen molar-refractivity contribution in [1.82, 2.24) is 4.98 Å². The molecule has 13 heavy (non-hydrogen) atoms. The minimum Gasteiger partial charge on any atom is -0.439 e. The summed E-state index contributed by atoms with van der Waals surface area (Å²) in [5.74, 6) is 1.50. The molecular formula is C11H10NO. The predicted molar refractivity (Wildman–Crippen MR) is 51.0 cm³/mol. The van der Waals surface area contributed by atoms with Gasteiger partial charge in [-0.3, -0.25) is 0 Å². The van der Waals surface area contributed by atoms with Gasteiger partial charge in [-0.25, -0.2) is 4.98 Å². The Bertz CT molecular complexity index is 327. The topological polar surface area (TPSA) is 22.1 Å². The molecule has 0 unspecified atom stereocenters. The van der Waals surface area contributed by atoms with E-state index in [1.807, 2.05) is 36.4 Å². The number of hydrogen-bond donors (Lipinski definition) is 0. The standard InChI is InChI=1S/C11H10NO/c1-2-6-10(7-3-1)13-11-8-4-5-9-12-11/h1-2,4-9H,3H2. The first-order chi connectivity index (χ1) is 6.45. The lowest BCUT2D eigenvalue weighted by Gasteiger charge is -2.07. The number of aromatic nitrogens is 1. The second-order valence-corrected chi connectivity index (χ2v) is 2.71. The summed E-state index contributed by atoms with van der Waals surface area (Å²) in [7, 11) is 0. The van der Waals surface area contributed by atoms with E-state index in [9.17, 15) is 0 Å². The molecule has 0 N–H and O–H groups in total. The molecule has 65 valence electrons. The van der Waals surface area contributed by atoms with Crippen molar-refractivity contribution in [3.63, 3.8) is 0 Å². The Hall–Kier alpha value is -1.57. The monoisotopic (exact) mass is 172 g/mol. The molecule has 0 bridgehead atoms. The third kappa shape index (κ3) is 2.18. The predicted octanol–water partition coefficient (Wildman–Crippen LogP) is 2.51. The largest absolute Gasteiger partial charge is 0.439 e. The van der Waals surface area contributed by atoms with Gasteiger partial charge in [0.15, 0.2) is 0 Å². The molecule has 0 aromatic carbocycles. The highest BCUT2D eigenvalue weighted by Crippen LogP contribution is 2.14. The van der Waals surface area contributed by atoms with Gasteiger partial charge in [0.25, 0.3) is 0 Å². The summed E-state index contributed by atoms with van der Waals surface area (Å²) >= 11 is 0. The van der Waals surface area contributed by atoms with Gasteiger partial charge in [0.2, 0.25) is 5.88 Å². The zero-order valence-electron chi connectivity index (χ0n) is 7.18. The summed E-state index contributed by atoms with van der Waals surface area (Å²) in [4.78, 5) is 4.07. The number of nitrogens with zero attached hydrogens (tertiary/aromatic N) is 1. The van der Waals surface area contributed by atoms with Crippen LogP contribution in [0.4, 0.5) is 0 Å². The van der Waals surface area contributed by atoms with E-state index in [2.05, 4.69) is 11.4 Å². The van der Waals surface area contributed by atoms with Crippen molar-refractivity contribution in [2.75, 3.05) is 0 Å². The van der Waals surface area contributed by atoms with Crippen molar-refractivity contribution < 1.29 is 4.74 Å². The Balaban J connectivity index is 2.06. The van der Waals surface area contributed by atoms with E-state index in [4.69, 9.17) is 4.74 Å². The van der Waals surface area contributed by atoms with Crippen LogP contribution >= 0.6 is 0 Å². The summed E-state index contributed by atoms with van der Waals surface area (Å²) in [6, 6.07) is 5.61. The fourth-order valence-electron chi connectivity index (χ4n) is 1.10. The zero-order valence-corrected chi connectivity index (χ0v) is 7.18. The molecule has 1 aromatic rings. The van der Waals surface area contributed by atoms with Gasteiger partial charge in [-0.1, -0.05) is 12.1 Å². The molecule has 2 nitrogen and oxygen atoms in total. The molecule has 0 saturated heterocycles. The summed E-state index contributed by atoms with van der Waals surface area (Å²) < 4.78 is 5.50. The molecule has 1 aromatic heterocycles. The van der Waals surface area contributed by atoms with Crippen molar-refractivity contribution in [1.29, 1.82) is 0 Å². The first-order valence-corrected chi connectivity index (χ1v) is 4.24. The van der Waals surface area contributed by atoms with E-state index in [0.717, 1.165) is 12.2 Å². The van der Waals surface area contributed by atoms with Crippen LogP contribution in [0.3, 0.4) is 0 Å². The second-order valence-electron chi connectivity index (χ2n) is 2.71. The van der Waals surface area contributed by atoms with E-state index in [1.165, 1.54) is 0 Å². The Morgan fingerprint density at radius 2 is 2.31 bits per heavy atom. The third-order valence-corrected chi connectivity index (χ3v) is 1.71. The molecule has 2 rings (SSSR count). The molecule has 0 amide bonds. The quantitative estimate of drug-likeness (QED) is 0.683. The molecule has 0 saturated carbocycles. The van der Waals surface area contributed by atoms with Crippen LogP contribution < -0.4 is 4.74 Å². The van der Waals surface area contributed by atoms with Crippen molar-refractivity contribution in [2.45, 2.75) is 6.42 Å². The summed E-state index contributed by atoms with van der Waals surface area (Å²) in [6.07, 6.45) is 10.7. The molecule has 1 heterocycles. The van der Waals surface area contributed by atoms with Crippen LogP contribution in [0.15, 0.2) is 48.4 Å². The van der Waals surface area contributed by atoms with Gasteiger partial charge in [0, 0.05) is 12.3 Å². The van der Waals surface area contributed by atoms with Crippen LogP contribution in [0.5, 0.6) is 5.88 Å². The van der Waals surface area contributed by atoms with Gasteiger partial charge in [-0.05, 0) is 31.1 Å². The van der Waals surface area contributed by atoms with Crippen LogP contribution in [0.1, 0.15) is 6.42 Å². The Labute approximate surface area is 77.6 Å².